The number of allylic oxidation sites excluding steroid dienone is 5. The lowest BCUT2D eigenvalue weighted by molar-refractivity contribution is -0.117. The Balaban J connectivity index is 1.91. The molecule has 48 heavy (non-hydrogen) atoms. The topological polar surface area (TPSA) is 83.8 Å². The zero-order valence-electron chi connectivity index (χ0n) is 30.9. The van der Waals surface area contributed by atoms with Crippen molar-refractivity contribution >= 4 is 17.1 Å². The van der Waals surface area contributed by atoms with Crippen molar-refractivity contribution in [2.45, 2.75) is 181 Å². The van der Waals surface area contributed by atoms with E-state index in [4.69, 9.17) is 4.74 Å². The fourth-order valence-electron chi connectivity index (χ4n) is 6.84. The molecule has 0 bridgehead atoms. The summed E-state index contributed by atoms with van der Waals surface area (Å²) in [6.07, 6.45) is 36.0. The Labute approximate surface area is 293 Å². The van der Waals surface area contributed by atoms with Crippen LogP contribution in [0, 0.1) is 0 Å². The van der Waals surface area contributed by atoms with Gasteiger partial charge in [0.25, 0.3) is 0 Å². The van der Waals surface area contributed by atoms with Crippen LogP contribution < -0.4 is 0 Å². The second-order valence-electron chi connectivity index (χ2n) is 13.9. The van der Waals surface area contributed by atoms with Crippen LogP contribution in [0.25, 0.3) is 5.57 Å². The van der Waals surface area contributed by atoms with Gasteiger partial charge in [0.1, 0.15) is 11.5 Å². The minimum Gasteiger partial charge on any atom is -0.508 e. The second kappa shape index (κ2) is 26.1. The fourth-order valence-corrected chi connectivity index (χ4v) is 6.84. The first-order valence-corrected chi connectivity index (χ1v) is 19.7. The third kappa shape index (κ3) is 16.1. The van der Waals surface area contributed by atoms with Gasteiger partial charge in [-0.05, 0) is 63.0 Å². The van der Waals surface area contributed by atoms with E-state index in [1.807, 2.05) is 0 Å². The van der Waals surface area contributed by atoms with Crippen molar-refractivity contribution in [3.8, 4) is 11.5 Å². The number of hydrogen-bond acceptors (Lipinski definition) is 5. The lowest BCUT2D eigenvalue weighted by Crippen LogP contribution is -2.20. The number of carbonyl (C=O) groups is 2. The molecule has 0 atom stereocenters. The average molecular weight is 665 g/mol. The van der Waals surface area contributed by atoms with Crippen LogP contribution in [0.15, 0.2) is 41.7 Å². The van der Waals surface area contributed by atoms with Crippen LogP contribution in [-0.2, 0) is 20.7 Å². The number of aryl methyl sites for hydroxylation is 1. The molecular weight excluding hydrogens is 596 g/mol. The zero-order valence-corrected chi connectivity index (χ0v) is 30.9. The molecule has 0 saturated carbocycles. The molecule has 0 fully saturated rings. The van der Waals surface area contributed by atoms with E-state index in [1.165, 1.54) is 122 Å². The Morgan fingerprint density at radius 3 is 1.56 bits per heavy atom. The summed E-state index contributed by atoms with van der Waals surface area (Å²) in [6.45, 7) is 4.50. The molecule has 0 aromatic heterocycles. The number of phenolic OH excluding ortho intramolecular Hbond substituents is 2. The largest absolute Gasteiger partial charge is 0.508 e. The highest BCUT2D eigenvalue weighted by Gasteiger charge is 2.32. The molecule has 0 saturated heterocycles. The molecule has 5 nitrogen and oxygen atoms in total. The van der Waals surface area contributed by atoms with Crippen LogP contribution in [0.3, 0.4) is 0 Å². The maximum Gasteiger partial charge on any atom is 0.224 e. The third-order valence-electron chi connectivity index (χ3n) is 9.70. The average Bonchev–Trinajstić information content (AvgIpc) is 3.07. The SMILES string of the molecule is CCCCCCCCC=CCCCCCCCC1=C(c2c(O)cc(O)cc2CCCCCCCCCCCCC)C(=O)C=C(OC)C1=O. The number of aromatic hydroxyl groups is 2. The molecule has 270 valence electrons. The Bertz CT molecular complexity index is 1160. The van der Waals surface area contributed by atoms with E-state index in [-0.39, 0.29) is 34.4 Å². The first-order valence-electron chi connectivity index (χ1n) is 19.7. The lowest BCUT2D eigenvalue weighted by Gasteiger charge is -2.22. The van der Waals surface area contributed by atoms with Gasteiger partial charge in [-0.3, -0.25) is 9.59 Å². The summed E-state index contributed by atoms with van der Waals surface area (Å²) in [6, 6.07) is 2.92. The predicted octanol–water partition coefficient (Wildman–Crippen LogP) is 12.4. The quantitative estimate of drug-likeness (QED) is 0.0506. The number of unbranched alkanes of at least 4 members (excludes halogenated alkanes) is 21. The molecule has 2 rings (SSSR count). The van der Waals surface area contributed by atoms with Gasteiger partial charge < -0.3 is 14.9 Å². The van der Waals surface area contributed by atoms with Gasteiger partial charge in [-0.15, -0.1) is 0 Å². The molecule has 0 spiro atoms. The molecule has 0 aliphatic heterocycles. The molecule has 1 aliphatic rings. The zero-order chi connectivity index (χ0) is 34.8. The molecule has 1 aromatic carbocycles. The van der Waals surface area contributed by atoms with Crippen molar-refractivity contribution in [1.29, 1.82) is 0 Å². The number of ether oxygens (including phenoxy) is 1. The number of ketones is 2. The van der Waals surface area contributed by atoms with Crippen molar-refractivity contribution in [2.75, 3.05) is 7.11 Å². The molecule has 0 unspecified atom stereocenters. The van der Waals surface area contributed by atoms with Crippen molar-refractivity contribution in [3.63, 3.8) is 0 Å². The third-order valence-corrected chi connectivity index (χ3v) is 9.70. The van der Waals surface area contributed by atoms with Gasteiger partial charge in [-0.1, -0.05) is 142 Å². The van der Waals surface area contributed by atoms with Crippen LogP contribution in [0.4, 0.5) is 0 Å². The summed E-state index contributed by atoms with van der Waals surface area (Å²) >= 11 is 0. The molecular formula is C43H68O5. The van der Waals surface area contributed by atoms with E-state index in [9.17, 15) is 19.8 Å². The van der Waals surface area contributed by atoms with Gasteiger partial charge in [0.2, 0.25) is 5.78 Å². The smallest absolute Gasteiger partial charge is 0.224 e. The lowest BCUT2D eigenvalue weighted by atomic mass is 9.82. The number of phenols is 2. The maximum atomic E-state index is 13.5. The van der Waals surface area contributed by atoms with E-state index in [2.05, 4.69) is 26.0 Å². The summed E-state index contributed by atoms with van der Waals surface area (Å²) < 4.78 is 5.29. The first kappa shape index (κ1) is 41.4. The number of carbonyl (C=O) groups excluding carboxylic acids is 2. The van der Waals surface area contributed by atoms with Gasteiger partial charge in [0, 0.05) is 28.9 Å². The van der Waals surface area contributed by atoms with E-state index >= 15 is 0 Å². The number of methoxy groups -OCH3 is 1. The van der Waals surface area contributed by atoms with Gasteiger partial charge in [0.15, 0.2) is 11.5 Å². The highest BCUT2D eigenvalue weighted by Crippen LogP contribution is 2.40. The fraction of sp³-hybridized carbons (Fsp3) is 0.674. The monoisotopic (exact) mass is 665 g/mol. The van der Waals surface area contributed by atoms with Crippen molar-refractivity contribution < 1.29 is 24.5 Å². The van der Waals surface area contributed by atoms with Gasteiger partial charge in [-0.25, -0.2) is 0 Å². The maximum absolute atomic E-state index is 13.5. The van der Waals surface area contributed by atoms with Gasteiger partial charge in [0.05, 0.1) is 7.11 Å². The molecule has 1 aromatic rings. The van der Waals surface area contributed by atoms with E-state index in [0.29, 0.717) is 24.0 Å². The second-order valence-corrected chi connectivity index (χ2v) is 13.9. The molecule has 0 radical (unpaired) electrons. The summed E-state index contributed by atoms with van der Waals surface area (Å²) in [5, 5.41) is 21.4. The van der Waals surface area contributed by atoms with Gasteiger partial charge >= 0.3 is 0 Å². The van der Waals surface area contributed by atoms with Gasteiger partial charge in [-0.2, -0.15) is 0 Å². The van der Waals surface area contributed by atoms with Crippen molar-refractivity contribution in [2.24, 2.45) is 0 Å². The molecule has 1 aliphatic carbocycles. The summed E-state index contributed by atoms with van der Waals surface area (Å²) in [7, 11) is 1.41. The summed E-state index contributed by atoms with van der Waals surface area (Å²) in [5.74, 6) is -0.736. The number of benzene rings is 1. The summed E-state index contributed by atoms with van der Waals surface area (Å²) in [5.41, 5.74) is 1.80. The van der Waals surface area contributed by atoms with Crippen LogP contribution in [0.5, 0.6) is 11.5 Å². The van der Waals surface area contributed by atoms with Crippen LogP contribution in [0.1, 0.15) is 185 Å². The Morgan fingerprint density at radius 1 is 0.604 bits per heavy atom. The van der Waals surface area contributed by atoms with Crippen LogP contribution in [-0.4, -0.2) is 28.9 Å². The highest BCUT2D eigenvalue weighted by atomic mass is 16.5. The van der Waals surface area contributed by atoms with E-state index in [0.717, 1.165) is 56.9 Å². The Hall–Kier alpha value is -2.82. The van der Waals surface area contributed by atoms with E-state index < -0.39 is 0 Å². The molecule has 5 heteroatoms. The predicted molar refractivity (Wildman–Crippen MR) is 201 cm³/mol. The minimum absolute atomic E-state index is 0.0311. The highest BCUT2D eigenvalue weighted by molar-refractivity contribution is 6.37. The van der Waals surface area contributed by atoms with E-state index in [1.54, 1.807) is 6.07 Å². The Morgan fingerprint density at radius 2 is 1.06 bits per heavy atom. The molecule has 2 N–H and O–H groups in total. The summed E-state index contributed by atoms with van der Waals surface area (Å²) in [4.78, 5) is 27.0. The van der Waals surface area contributed by atoms with Crippen molar-refractivity contribution in [3.05, 3.63) is 52.8 Å². The molecule has 0 amide bonds. The number of hydrogen-bond donors (Lipinski definition) is 2. The van der Waals surface area contributed by atoms with Crippen molar-refractivity contribution in [1.82, 2.24) is 0 Å². The number of rotatable bonds is 29. The molecule has 0 heterocycles. The standard InChI is InChI=1S/C43H68O5/c1-4-6-8-10-12-14-16-17-18-19-21-23-25-27-29-31-37-42(39(46)34-40(48-3)43(37)47)41-35(32-36(44)33-38(41)45)30-28-26-24-22-20-15-13-11-9-7-5-2/h17-18,32-34,44-45H,4-16,19-31H2,1-3H3. The normalized spacial score (nSPS) is 13.6. The Kier molecular flexibility index (Phi) is 22.5. The van der Waals surface area contributed by atoms with Crippen LogP contribution in [0.2, 0.25) is 0 Å². The minimum atomic E-state index is -0.324. The first-order chi connectivity index (χ1) is 23.4. The van der Waals surface area contributed by atoms with Crippen LogP contribution >= 0.6 is 0 Å². The number of Topliss-reactive ketones (excluding diaryl/α,β-unsaturated/α-hetero) is 1.